The van der Waals surface area contributed by atoms with Crippen molar-refractivity contribution < 1.29 is 4.74 Å². The van der Waals surface area contributed by atoms with E-state index in [-0.39, 0.29) is 0 Å². The van der Waals surface area contributed by atoms with Crippen molar-refractivity contribution in [1.82, 2.24) is 19.7 Å². The summed E-state index contributed by atoms with van der Waals surface area (Å²) in [6.45, 7) is 0. The van der Waals surface area contributed by atoms with E-state index in [1.165, 1.54) is 11.8 Å². The Bertz CT molecular complexity index is 484. The lowest BCUT2D eigenvalue weighted by atomic mass is 10.6. The monoisotopic (exact) mass is 269 g/mol. The molecule has 0 aliphatic heterocycles. The van der Waals surface area contributed by atoms with Gasteiger partial charge in [0.25, 0.3) is 5.95 Å². The molecule has 0 saturated carbocycles. The maximum atomic E-state index is 5.49. The van der Waals surface area contributed by atoms with Gasteiger partial charge in [-0.15, -0.1) is 5.10 Å². The Labute approximate surface area is 94.2 Å². The first-order valence-corrected chi connectivity index (χ1v) is 4.88. The fraction of sp³-hybridized carbons (Fsp3) is 0.125. The summed E-state index contributed by atoms with van der Waals surface area (Å²) in [5.74, 6) is 1.28. The van der Waals surface area contributed by atoms with Crippen LogP contribution in [0.3, 0.4) is 0 Å². The molecule has 2 rings (SSSR count). The predicted octanol–water partition coefficient (Wildman–Crippen LogP) is 1.02. The number of anilines is 1. The Hall–Kier alpha value is -1.63. The molecule has 0 radical (unpaired) electrons. The van der Waals surface area contributed by atoms with Crippen LogP contribution < -0.4 is 10.5 Å². The van der Waals surface area contributed by atoms with E-state index in [2.05, 4.69) is 31.0 Å². The number of rotatable bonds is 2. The van der Waals surface area contributed by atoms with Gasteiger partial charge in [-0.2, -0.15) is 4.98 Å². The molecule has 0 aliphatic rings. The number of nitrogens with two attached hydrogens (primary N) is 1. The number of methoxy groups -OCH3 is 1. The Morgan fingerprint density at radius 2 is 2.33 bits per heavy atom. The summed E-state index contributed by atoms with van der Waals surface area (Å²) < 4.78 is 7.21. The van der Waals surface area contributed by atoms with Crippen molar-refractivity contribution in [3.05, 3.63) is 22.9 Å². The quantitative estimate of drug-likeness (QED) is 0.881. The van der Waals surface area contributed by atoms with Gasteiger partial charge in [-0.3, -0.25) is 0 Å². The van der Waals surface area contributed by atoms with Gasteiger partial charge in [-0.1, -0.05) is 0 Å². The van der Waals surface area contributed by atoms with E-state index >= 15 is 0 Å². The number of nitrogen functional groups attached to an aromatic ring is 1. The molecule has 0 unspecified atom stereocenters. The number of nitrogens with zero attached hydrogens (tertiary/aromatic N) is 4. The first kappa shape index (κ1) is 9.91. The predicted molar refractivity (Wildman–Crippen MR) is 57.8 cm³/mol. The average Bonchev–Trinajstić information content (AvgIpc) is 2.66. The van der Waals surface area contributed by atoms with Gasteiger partial charge in [0.2, 0.25) is 5.88 Å². The van der Waals surface area contributed by atoms with E-state index in [1.807, 2.05) is 0 Å². The third-order valence-corrected chi connectivity index (χ3v) is 2.25. The molecule has 2 aromatic rings. The molecule has 0 saturated heterocycles. The number of halogens is 1. The summed E-state index contributed by atoms with van der Waals surface area (Å²) >= 11 is 3.26. The van der Waals surface area contributed by atoms with E-state index in [1.54, 1.807) is 18.5 Å². The molecule has 0 spiro atoms. The molecule has 0 fully saturated rings. The van der Waals surface area contributed by atoms with E-state index in [4.69, 9.17) is 10.5 Å². The molecule has 7 heteroatoms. The summed E-state index contributed by atoms with van der Waals surface area (Å²) in [4.78, 5) is 8.22. The molecule has 15 heavy (non-hydrogen) atoms. The van der Waals surface area contributed by atoms with Gasteiger partial charge < -0.3 is 10.5 Å². The minimum atomic E-state index is 0.409. The van der Waals surface area contributed by atoms with Crippen LogP contribution in [0.1, 0.15) is 0 Å². The second-order valence-electron chi connectivity index (χ2n) is 2.71. The van der Waals surface area contributed by atoms with Gasteiger partial charge in [0.15, 0.2) is 0 Å². The van der Waals surface area contributed by atoms with Crippen LogP contribution in [0.5, 0.6) is 5.88 Å². The van der Waals surface area contributed by atoms with Crippen LogP contribution in [0.25, 0.3) is 5.95 Å². The molecule has 6 nitrogen and oxygen atoms in total. The third-order valence-electron chi connectivity index (χ3n) is 1.71. The fourth-order valence-electron chi connectivity index (χ4n) is 1.05. The number of aromatic nitrogens is 4. The van der Waals surface area contributed by atoms with Gasteiger partial charge in [-0.25, -0.2) is 9.67 Å². The second-order valence-corrected chi connectivity index (χ2v) is 3.57. The highest BCUT2D eigenvalue weighted by molar-refractivity contribution is 9.10. The lowest BCUT2D eigenvalue weighted by molar-refractivity contribution is 0.392. The van der Waals surface area contributed by atoms with E-state index < -0.39 is 0 Å². The van der Waals surface area contributed by atoms with Crippen molar-refractivity contribution in [2.24, 2.45) is 0 Å². The van der Waals surface area contributed by atoms with Gasteiger partial charge >= 0.3 is 0 Å². The minimum absolute atomic E-state index is 0.409. The number of ether oxygens (including phenoxy) is 1. The molecular formula is C8H8BrN5O. The molecule has 0 aromatic carbocycles. The van der Waals surface area contributed by atoms with Crippen molar-refractivity contribution in [1.29, 1.82) is 0 Å². The topological polar surface area (TPSA) is 78.9 Å². The molecule has 0 amide bonds. The van der Waals surface area contributed by atoms with Gasteiger partial charge in [0.05, 0.1) is 17.8 Å². The van der Waals surface area contributed by atoms with Crippen LogP contribution in [0.4, 0.5) is 5.82 Å². The maximum Gasteiger partial charge on any atom is 0.253 e. The average molecular weight is 270 g/mol. The summed E-state index contributed by atoms with van der Waals surface area (Å²) in [6.07, 6.45) is 3.27. The van der Waals surface area contributed by atoms with Gasteiger partial charge in [0.1, 0.15) is 5.82 Å². The Balaban J connectivity index is 2.45. The van der Waals surface area contributed by atoms with Crippen molar-refractivity contribution >= 4 is 21.7 Å². The molecule has 0 bridgehead atoms. The molecule has 0 atom stereocenters. The van der Waals surface area contributed by atoms with Crippen LogP contribution in [0.15, 0.2) is 22.9 Å². The highest BCUT2D eigenvalue weighted by Gasteiger charge is 2.07. The highest BCUT2D eigenvalue weighted by atomic mass is 79.9. The molecule has 2 aromatic heterocycles. The molecule has 78 valence electrons. The van der Waals surface area contributed by atoms with Gasteiger partial charge in [-0.05, 0) is 15.9 Å². The van der Waals surface area contributed by atoms with E-state index in [9.17, 15) is 0 Å². The fourth-order valence-corrected chi connectivity index (χ4v) is 1.40. The summed E-state index contributed by atoms with van der Waals surface area (Å²) in [7, 11) is 1.54. The van der Waals surface area contributed by atoms with Crippen molar-refractivity contribution in [2.45, 2.75) is 0 Å². The minimum Gasteiger partial charge on any atom is -0.480 e. The van der Waals surface area contributed by atoms with E-state index in [0.29, 0.717) is 22.1 Å². The Morgan fingerprint density at radius 3 is 2.93 bits per heavy atom. The van der Waals surface area contributed by atoms with Crippen molar-refractivity contribution in [3.63, 3.8) is 0 Å². The van der Waals surface area contributed by atoms with Crippen LogP contribution >= 0.6 is 15.9 Å². The van der Waals surface area contributed by atoms with Gasteiger partial charge in [0, 0.05) is 12.3 Å². The zero-order valence-corrected chi connectivity index (χ0v) is 9.47. The largest absolute Gasteiger partial charge is 0.480 e. The SMILES string of the molecule is COc1nc(-n2ccc(N)n2)ncc1Br. The summed E-state index contributed by atoms with van der Waals surface area (Å²) in [6, 6.07) is 1.66. The zero-order chi connectivity index (χ0) is 10.8. The normalized spacial score (nSPS) is 10.3. The first-order chi connectivity index (χ1) is 7.20. The lowest BCUT2D eigenvalue weighted by Gasteiger charge is -2.03. The highest BCUT2D eigenvalue weighted by Crippen LogP contribution is 2.21. The van der Waals surface area contributed by atoms with Crippen molar-refractivity contribution in [3.8, 4) is 11.8 Å². The summed E-state index contributed by atoms with van der Waals surface area (Å²) in [5.41, 5.74) is 5.49. The lowest BCUT2D eigenvalue weighted by Crippen LogP contribution is -2.03. The van der Waals surface area contributed by atoms with Crippen LogP contribution in [0, 0.1) is 0 Å². The zero-order valence-electron chi connectivity index (χ0n) is 7.88. The first-order valence-electron chi connectivity index (χ1n) is 4.09. The molecule has 2 heterocycles. The molecular weight excluding hydrogens is 262 g/mol. The maximum absolute atomic E-state index is 5.49. The number of hydrogen-bond donors (Lipinski definition) is 1. The van der Waals surface area contributed by atoms with Crippen LogP contribution in [-0.2, 0) is 0 Å². The Kier molecular flexibility index (Phi) is 2.55. The summed E-state index contributed by atoms with van der Waals surface area (Å²) in [5, 5.41) is 3.98. The third kappa shape index (κ3) is 1.91. The smallest absolute Gasteiger partial charge is 0.253 e. The second kappa shape index (κ2) is 3.85. The number of hydrogen-bond acceptors (Lipinski definition) is 5. The van der Waals surface area contributed by atoms with Crippen LogP contribution in [0.2, 0.25) is 0 Å². The molecule has 0 aliphatic carbocycles. The molecule has 2 N–H and O–H groups in total. The Morgan fingerprint density at radius 1 is 1.53 bits per heavy atom. The van der Waals surface area contributed by atoms with Crippen molar-refractivity contribution in [2.75, 3.05) is 12.8 Å². The van der Waals surface area contributed by atoms with E-state index in [0.717, 1.165) is 0 Å². The standard InChI is InChI=1S/C8H8BrN5O/c1-15-7-5(9)4-11-8(12-7)14-3-2-6(10)13-14/h2-4H,1H3,(H2,10,13). The van der Waals surface area contributed by atoms with Crippen LogP contribution in [-0.4, -0.2) is 26.9 Å².